The molecule has 20 heavy (non-hydrogen) atoms. The van der Waals surface area contributed by atoms with E-state index < -0.39 is 10.0 Å². The molecule has 0 aromatic heterocycles. The van der Waals surface area contributed by atoms with Gasteiger partial charge in [-0.3, -0.25) is 4.79 Å². The van der Waals surface area contributed by atoms with Crippen LogP contribution in [0.2, 0.25) is 0 Å². The van der Waals surface area contributed by atoms with Crippen molar-refractivity contribution in [3.63, 3.8) is 0 Å². The largest absolute Gasteiger partial charge is 0.383 e. The first kappa shape index (κ1) is 16.6. The highest BCUT2D eigenvalue weighted by Crippen LogP contribution is 2.06. The maximum Gasteiger partial charge on any atom is 0.240 e. The van der Waals surface area contributed by atoms with Crippen molar-refractivity contribution in [3.05, 3.63) is 30.3 Å². The normalized spacial score (nSPS) is 12.9. The maximum absolute atomic E-state index is 11.9. The molecule has 1 rings (SSSR count). The van der Waals surface area contributed by atoms with E-state index in [9.17, 15) is 13.2 Å². The fraction of sp³-hybridized carbons (Fsp3) is 0.462. The van der Waals surface area contributed by atoms with Gasteiger partial charge in [-0.2, -0.15) is 0 Å². The highest BCUT2D eigenvalue weighted by atomic mass is 32.2. The summed E-state index contributed by atoms with van der Waals surface area (Å²) in [6.07, 6.45) is 0.0835. The van der Waals surface area contributed by atoms with E-state index in [2.05, 4.69) is 10.0 Å². The number of hydrogen-bond donors (Lipinski definition) is 2. The molecule has 0 saturated carbocycles. The minimum atomic E-state index is -3.55. The molecule has 0 fully saturated rings. The van der Waals surface area contributed by atoms with Gasteiger partial charge in [0, 0.05) is 26.1 Å². The van der Waals surface area contributed by atoms with E-state index in [1.807, 2.05) is 6.92 Å². The number of nitrogens with one attached hydrogen (secondary N) is 2. The average Bonchev–Trinajstić information content (AvgIpc) is 2.39. The summed E-state index contributed by atoms with van der Waals surface area (Å²) in [5.41, 5.74) is 0. The molecule has 2 N–H and O–H groups in total. The van der Waals surface area contributed by atoms with Crippen molar-refractivity contribution in [3.8, 4) is 0 Å². The average molecular weight is 300 g/mol. The molecule has 0 bridgehead atoms. The number of benzene rings is 1. The van der Waals surface area contributed by atoms with Crippen molar-refractivity contribution in [2.75, 3.05) is 20.3 Å². The minimum Gasteiger partial charge on any atom is -0.383 e. The SMILES string of the molecule is COCC(C)NC(=O)CCNS(=O)(=O)c1ccccc1. The summed E-state index contributed by atoms with van der Waals surface area (Å²) in [6.45, 7) is 2.29. The molecule has 0 radical (unpaired) electrons. The van der Waals surface area contributed by atoms with E-state index in [0.29, 0.717) is 6.61 Å². The van der Waals surface area contributed by atoms with Crippen LogP contribution in [-0.2, 0) is 19.6 Å². The van der Waals surface area contributed by atoms with Crippen LogP contribution >= 0.6 is 0 Å². The Morgan fingerprint density at radius 2 is 1.95 bits per heavy atom. The Kier molecular flexibility index (Phi) is 6.63. The Morgan fingerprint density at radius 1 is 1.30 bits per heavy atom. The Labute approximate surface area is 119 Å². The Balaban J connectivity index is 2.39. The number of carbonyl (C=O) groups is 1. The third-order valence-electron chi connectivity index (χ3n) is 2.52. The van der Waals surface area contributed by atoms with Gasteiger partial charge in [0.2, 0.25) is 15.9 Å². The molecule has 7 heteroatoms. The van der Waals surface area contributed by atoms with Gasteiger partial charge in [-0.15, -0.1) is 0 Å². The molecule has 1 atom stereocenters. The molecule has 6 nitrogen and oxygen atoms in total. The zero-order valence-corrected chi connectivity index (χ0v) is 12.4. The van der Waals surface area contributed by atoms with Gasteiger partial charge in [0.25, 0.3) is 0 Å². The molecule has 0 aliphatic carbocycles. The van der Waals surface area contributed by atoms with Crippen molar-refractivity contribution in [2.45, 2.75) is 24.3 Å². The monoisotopic (exact) mass is 300 g/mol. The number of sulfonamides is 1. The molecule has 0 heterocycles. The van der Waals surface area contributed by atoms with Crippen molar-refractivity contribution >= 4 is 15.9 Å². The second-order valence-corrected chi connectivity index (χ2v) is 6.15. The van der Waals surface area contributed by atoms with Crippen LogP contribution in [0.4, 0.5) is 0 Å². The van der Waals surface area contributed by atoms with E-state index in [4.69, 9.17) is 4.74 Å². The first-order chi connectivity index (χ1) is 9.45. The fourth-order valence-corrected chi connectivity index (χ4v) is 2.67. The van der Waals surface area contributed by atoms with Gasteiger partial charge < -0.3 is 10.1 Å². The van der Waals surface area contributed by atoms with Crippen LogP contribution in [-0.4, -0.2) is 40.6 Å². The Morgan fingerprint density at radius 3 is 2.55 bits per heavy atom. The number of rotatable bonds is 8. The topological polar surface area (TPSA) is 84.5 Å². The van der Waals surface area contributed by atoms with Crippen molar-refractivity contribution in [1.82, 2.24) is 10.0 Å². The quantitative estimate of drug-likeness (QED) is 0.732. The lowest BCUT2D eigenvalue weighted by atomic mass is 10.3. The highest BCUT2D eigenvalue weighted by Gasteiger charge is 2.13. The van der Waals surface area contributed by atoms with Crippen LogP contribution in [0.15, 0.2) is 35.2 Å². The lowest BCUT2D eigenvalue weighted by Gasteiger charge is -2.12. The zero-order chi connectivity index (χ0) is 15.0. The second kappa shape index (κ2) is 7.98. The lowest BCUT2D eigenvalue weighted by Crippen LogP contribution is -2.37. The number of carbonyl (C=O) groups excluding carboxylic acids is 1. The maximum atomic E-state index is 11.9. The summed E-state index contributed by atoms with van der Waals surface area (Å²) in [6, 6.07) is 7.94. The van der Waals surface area contributed by atoms with Crippen molar-refractivity contribution < 1.29 is 17.9 Å². The Hall–Kier alpha value is -1.44. The highest BCUT2D eigenvalue weighted by molar-refractivity contribution is 7.89. The van der Waals surface area contributed by atoms with Crippen LogP contribution in [0.3, 0.4) is 0 Å². The number of amides is 1. The molecule has 1 amide bonds. The summed E-state index contributed by atoms with van der Waals surface area (Å²) in [4.78, 5) is 11.7. The van der Waals surface area contributed by atoms with E-state index >= 15 is 0 Å². The van der Waals surface area contributed by atoms with Crippen LogP contribution in [0.25, 0.3) is 0 Å². The van der Waals surface area contributed by atoms with Crippen LogP contribution < -0.4 is 10.0 Å². The summed E-state index contributed by atoms with van der Waals surface area (Å²) >= 11 is 0. The Bertz CT molecular complexity index is 516. The standard InChI is InChI=1S/C13H20N2O4S/c1-11(10-19-2)15-13(16)8-9-14-20(17,18)12-6-4-3-5-7-12/h3-7,11,14H,8-10H2,1-2H3,(H,15,16). The van der Waals surface area contributed by atoms with E-state index in [1.165, 1.54) is 12.1 Å². The molecule has 0 aliphatic rings. The van der Waals surface area contributed by atoms with Gasteiger partial charge in [-0.25, -0.2) is 13.1 Å². The molecule has 1 aromatic rings. The summed E-state index contributed by atoms with van der Waals surface area (Å²) in [5.74, 6) is -0.217. The predicted octanol–water partition coefficient (Wildman–Crippen LogP) is 0.506. The predicted molar refractivity (Wildman–Crippen MR) is 75.7 cm³/mol. The molecule has 0 aliphatic heterocycles. The van der Waals surface area contributed by atoms with Gasteiger partial charge in [0.05, 0.1) is 11.5 Å². The third kappa shape index (κ3) is 5.68. The minimum absolute atomic E-state index is 0.0583. The third-order valence-corrected chi connectivity index (χ3v) is 4.00. The van der Waals surface area contributed by atoms with Crippen LogP contribution in [0.1, 0.15) is 13.3 Å². The van der Waals surface area contributed by atoms with Crippen molar-refractivity contribution in [2.24, 2.45) is 0 Å². The van der Waals surface area contributed by atoms with E-state index in [0.717, 1.165) is 0 Å². The molecule has 0 saturated heterocycles. The van der Waals surface area contributed by atoms with E-state index in [1.54, 1.807) is 25.3 Å². The van der Waals surface area contributed by atoms with Gasteiger partial charge in [-0.1, -0.05) is 18.2 Å². The molecule has 1 aromatic carbocycles. The first-order valence-corrected chi connectivity index (χ1v) is 7.77. The van der Waals surface area contributed by atoms with Gasteiger partial charge in [0.15, 0.2) is 0 Å². The van der Waals surface area contributed by atoms with Gasteiger partial charge in [-0.05, 0) is 19.1 Å². The molecule has 0 spiro atoms. The summed E-state index contributed by atoms with van der Waals surface area (Å²) in [7, 11) is -2.00. The lowest BCUT2D eigenvalue weighted by molar-refractivity contribution is -0.121. The van der Waals surface area contributed by atoms with Crippen molar-refractivity contribution in [1.29, 1.82) is 0 Å². The molecular weight excluding hydrogens is 280 g/mol. The summed E-state index contributed by atoms with van der Waals surface area (Å²) < 4.78 is 31.0. The number of ether oxygens (including phenoxy) is 1. The van der Waals surface area contributed by atoms with Crippen LogP contribution in [0, 0.1) is 0 Å². The first-order valence-electron chi connectivity index (χ1n) is 6.28. The molecule has 112 valence electrons. The second-order valence-electron chi connectivity index (χ2n) is 4.38. The van der Waals surface area contributed by atoms with Gasteiger partial charge >= 0.3 is 0 Å². The number of methoxy groups -OCH3 is 1. The zero-order valence-electron chi connectivity index (χ0n) is 11.6. The summed E-state index contributed by atoms with van der Waals surface area (Å²) in [5, 5.41) is 2.71. The van der Waals surface area contributed by atoms with Gasteiger partial charge in [0.1, 0.15) is 0 Å². The molecular formula is C13H20N2O4S. The number of hydrogen-bond acceptors (Lipinski definition) is 4. The smallest absolute Gasteiger partial charge is 0.240 e. The fourth-order valence-electron chi connectivity index (χ4n) is 1.62. The van der Waals surface area contributed by atoms with E-state index in [-0.39, 0.29) is 29.8 Å². The van der Waals surface area contributed by atoms with Crippen LogP contribution in [0.5, 0.6) is 0 Å². The molecule has 1 unspecified atom stereocenters.